The monoisotopic (exact) mass is 424 g/mol. The Morgan fingerprint density at radius 1 is 1.14 bits per heavy atom. The van der Waals surface area contributed by atoms with Crippen LogP contribution in [0.2, 0.25) is 0 Å². The molecule has 4 aromatic rings. The van der Waals surface area contributed by atoms with E-state index in [9.17, 15) is 9.59 Å². The molecule has 0 bridgehead atoms. The zero-order valence-electron chi connectivity index (χ0n) is 15.3. The Balaban J connectivity index is 1.42. The maximum Gasteiger partial charge on any atom is 0.279 e. The number of rotatable bonds is 6. The van der Waals surface area contributed by atoms with Crippen LogP contribution in [0.4, 0.5) is 5.13 Å². The minimum atomic E-state index is -0.380. The second-order valence-electron chi connectivity index (χ2n) is 6.11. The predicted octanol–water partition coefficient (Wildman–Crippen LogP) is 4.42. The number of hydrogen-bond donors (Lipinski definition) is 2. The Hall–Kier alpha value is -3.30. The molecule has 7 nitrogen and oxygen atoms in total. The van der Waals surface area contributed by atoms with Gasteiger partial charge >= 0.3 is 0 Å². The van der Waals surface area contributed by atoms with Crippen LogP contribution in [-0.2, 0) is 11.3 Å². The summed E-state index contributed by atoms with van der Waals surface area (Å²) in [4.78, 5) is 30.0. The molecule has 3 heterocycles. The second kappa shape index (κ2) is 8.38. The van der Waals surface area contributed by atoms with Crippen molar-refractivity contribution in [3.63, 3.8) is 0 Å². The summed E-state index contributed by atoms with van der Waals surface area (Å²) in [7, 11) is 0. The Morgan fingerprint density at radius 2 is 1.97 bits per heavy atom. The first-order valence-electron chi connectivity index (χ1n) is 8.71. The van der Waals surface area contributed by atoms with Gasteiger partial charge in [0.25, 0.3) is 5.91 Å². The Morgan fingerprint density at radius 3 is 2.76 bits per heavy atom. The van der Waals surface area contributed by atoms with Gasteiger partial charge in [-0.15, -0.1) is 22.7 Å². The zero-order chi connectivity index (χ0) is 20.2. The van der Waals surface area contributed by atoms with Gasteiger partial charge in [-0.3, -0.25) is 14.9 Å². The van der Waals surface area contributed by atoms with E-state index in [2.05, 4.69) is 20.8 Å². The highest BCUT2D eigenvalue weighted by Crippen LogP contribution is 2.31. The molecule has 2 N–H and O–H groups in total. The van der Waals surface area contributed by atoms with Gasteiger partial charge in [-0.05, 0) is 12.1 Å². The minimum absolute atomic E-state index is 0.0677. The number of nitrogens with zero attached hydrogens (tertiary/aromatic N) is 2. The topological polar surface area (TPSA) is 97.1 Å². The van der Waals surface area contributed by atoms with E-state index in [1.807, 2.05) is 47.8 Å². The van der Waals surface area contributed by atoms with Crippen molar-refractivity contribution in [1.29, 1.82) is 0 Å². The molecule has 0 aliphatic heterocycles. The molecule has 0 aliphatic carbocycles. The highest BCUT2D eigenvalue weighted by Gasteiger charge is 2.16. The molecule has 0 unspecified atom stereocenters. The average molecular weight is 425 g/mol. The maximum atomic E-state index is 12.5. The number of hydrogen-bond acceptors (Lipinski definition) is 7. The van der Waals surface area contributed by atoms with E-state index in [0.717, 1.165) is 21.0 Å². The fourth-order valence-electron chi connectivity index (χ4n) is 2.55. The number of carbonyl (C=O) groups is 2. The summed E-state index contributed by atoms with van der Waals surface area (Å²) in [5.74, 6) is 0.0807. The van der Waals surface area contributed by atoms with Gasteiger partial charge in [-0.2, -0.15) is 0 Å². The average Bonchev–Trinajstić information content (AvgIpc) is 3.47. The molecular formula is C20H16N4O3S2. The summed E-state index contributed by atoms with van der Waals surface area (Å²) in [5, 5.41) is 11.7. The molecule has 0 radical (unpaired) electrons. The number of benzene rings is 1. The third kappa shape index (κ3) is 4.58. The fraction of sp³-hybridized carbons (Fsp3) is 0.100. The lowest BCUT2D eigenvalue weighted by molar-refractivity contribution is -0.119. The van der Waals surface area contributed by atoms with Crippen LogP contribution in [0.1, 0.15) is 22.3 Å². The Bertz CT molecular complexity index is 1150. The molecule has 0 saturated heterocycles. The lowest BCUT2D eigenvalue weighted by Gasteiger charge is -1.97. The number of carbonyl (C=O) groups excluding carboxylic acids is 2. The number of thiazole rings is 1. The molecule has 0 atom stereocenters. The van der Waals surface area contributed by atoms with Crippen LogP contribution in [0.3, 0.4) is 0 Å². The van der Waals surface area contributed by atoms with Gasteiger partial charge in [0.05, 0.1) is 17.1 Å². The van der Waals surface area contributed by atoms with Crippen LogP contribution < -0.4 is 10.6 Å². The van der Waals surface area contributed by atoms with E-state index in [1.54, 1.807) is 17.4 Å². The standard InChI is InChI=1S/C20H16N4O3S2/c1-12(25)21-10-14-7-8-18(29-14)16-11-28-20(22-16)23-19(26)15-9-17(27-24-15)13-5-3-2-4-6-13/h2-9,11H,10H2,1H3,(H,21,25)(H,22,23,26). The minimum Gasteiger partial charge on any atom is -0.355 e. The van der Waals surface area contributed by atoms with Gasteiger partial charge in [0.15, 0.2) is 16.6 Å². The van der Waals surface area contributed by atoms with E-state index in [4.69, 9.17) is 4.52 Å². The van der Waals surface area contributed by atoms with Crippen LogP contribution >= 0.6 is 22.7 Å². The molecule has 0 saturated carbocycles. The third-order valence-electron chi connectivity index (χ3n) is 3.95. The van der Waals surface area contributed by atoms with Gasteiger partial charge < -0.3 is 9.84 Å². The van der Waals surface area contributed by atoms with Crippen molar-refractivity contribution >= 4 is 39.6 Å². The highest BCUT2D eigenvalue weighted by molar-refractivity contribution is 7.17. The lowest BCUT2D eigenvalue weighted by atomic mass is 10.1. The normalized spacial score (nSPS) is 10.7. The van der Waals surface area contributed by atoms with Crippen molar-refractivity contribution in [3.8, 4) is 21.9 Å². The van der Waals surface area contributed by atoms with Crippen LogP contribution in [0.15, 0.2) is 58.4 Å². The molecule has 2 amide bonds. The summed E-state index contributed by atoms with van der Waals surface area (Å²) < 4.78 is 5.27. The second-order valence-corrected chi connectivity index (χ2v) is 8.14. The number of thiophene rings is 1. The first kappa shape index (κ1) is 19.0. The van der Waals surface area contributed by atoms with Gasteiger partial charge in [0.2, 0.25) is 5.91 Å². The Kier molecular flexibility index (Phi) is 5.50. The van der Waals surface area contributed by atoms with Gasteiger partial charge in [0, 0.05) is 28.8 Å². The molecule has 3 aromatic heterocycles. The van der Waals surface area contributed by atoms with Gasteiger partial charge in [-0.25, -0.2) is 4.98 Å². The summed E-state index contributed by atoms with van der Waals surface area (Å²) in [6, 6.07) is 15.0. The van der Waals surface area contributed by atoms with Gasteiger partial charge in [0.1, 0.15) is 0 Å². The summed E-state index contributed by atoms with van der Waals surface area (Å²) in [5.41, 5.74) is 1.81. The van der Waals surface area contributed by atoms with Crippen molar-refractivity contribution in [3.05, 3.63) is 64.5 Å². The number of anilines is 1. The van der Waals surface area contributed by atoms with Gasteiger partial charge in [-0.1, -0.05) is 35.5 Å². The number of nitrogens with one attached hydrogen (secondary N) is 2. The van der Waals surface area contributed by atoms with E-state index < -0.39 is 0 Å². The molecule has 0 spiro atoms. The van der Waals surface area contributed by atoms with Crippen LogP contribution in [0.5, 0.6) is 0 Å². The van der Waals surface area contributed by atoms with E-state index >= 15 is 0 Å². The smallest absolute Gasteiger partial charge is 0.279 e. The summed E-state index contributed by atoms with van der Waals surface area (Å²) in [6.07, 6.45) is 0. The van der Waals surface area contributed by atoms with E-state index in [1.165, 1.54) is 18.3 Å². The molecule has 0 aliphatic rings. The van der Waals surface area contributed by atoms with Crippen LogP contribution in [0, 0.1) is 0 Å². The molecule has 4 rings (SSSR count). The van der Waals surface area contributed by atoms with Crippen molar-refractivity contribution in [2.45, 2.75) is 13.5 Å². The number of aromatic nitrogens is 2. The SMILES string of the molecule is CC(=O)NCc1ccc(-c2csc(NC(=O)c3cc(-c4ccccc4)on3)n2)s1. The predicted molar refractivity (Wildman–Crippen MR) is 113 cm³/mol. The molecular weight excluding hydrogens is 408 g/mol. The van der Waals surface area contributed by atoms with Crippen molar-refractivity contribution < 1.29 is 14.1 Å². The molecule has 146 valence electrons. The molecule has 1 aromatic carbocycles. The quantitative estimate of drug-likeness (QED) is 0.478. The van der Waals surface area contributed by atoms with Crippen molar-refractivity contribution in [2.75, 3.05) is 5.32 Å². The first-order valence-corrected chi connectivity index (χ1v) is 10.4. The molecule has 0 fully saturated rings. The fourth-order valence-corrected chi connectivity index (χ4v) is 4.24. The maximum absolute atomic E-state index is 12.5. The Labute approximate surface area is 174 Å². The summed E-state index contributed by atoms with van der Waals surface area (Å²) in [6.45, 7) is 1.98. The zero-order valence-corrected chi connectivity index (χ0v) is 17.0. The van der Waals surface area contributed by atoms with Crippen molar-refractivity contribution in [1.82, 2.24) is 15.5 Å². The van der Waals surface area contributed by atoms with Crippen LogP contribution in [-0.4, -0.2) is 22.0 Å². The molecule has 29 heavy (non-hydrogen) atoms. The third-order valence-corrected chi connectivity index (χ3v) is 5.82. The van der Waals surface area contributed by atoms with Crippen LogP contribution in [0.25, 0.3) is 21.9 Å². The van der Waals surface area contributed by atoms with E-state index in [0.29, 0.717) is 17.4 Å². The van der Waals surface area contributed by atoms with Crippen molar-refractivity contribution in [2.24, 2.45) is 0 Å². The first-order chi connectivity index (χ1) is 14.1. The highest BCUT2D eigenvalue weighted by atomic mass is 32.1. The lowest BCUT2D eigenvalue weighted by Crippen LogP contribution is -2.17. The number of amides is 2. The summed E-state index contributed by atoms with van der Waals surface area (Å²) >= 11 is 2.88. The largest absolute Gasteiger partial charge is 0.355 e. The molecule has 9 heteroatoms. The van der Waals surface area contributed by atoms with E-state index in [-0.39, 0.29) is 17.5 Å².